The summed E-state index contributed by atoms with van der Waals surface area (Å²) in [6.45, 7) is 5.89. The molecule has 2 aromatic rings. The first-order valence-electron chi connectivity index (χ1n) is 10.2. The fraction of sp³-hybridized carbons (Fsp3) is 0.375. The topological polar surface area (TPSA) is 74.7 Å². The molecule has 1 heterocycles. The van der Waals surface area contributed by atoms with Gasteiger partial charge in [0.1, 0.15) is 10.7 Å². The van der Waals surface area contributed by atoms with Crippen molar-refractivity contribution in [3.8, 4) is 11.8 Å². The van der Waals surface area contributed by atoms with Crippen LogP contribution in [0.5, 0.6) is 0 Å². The van der Waals surface area contributed by atoms with E-state index in [4.69, 9.17) is 23.2 Å². The fourth-order valence-corrected chi connectivity index (χ4v) is 4.80. The summed E-state index contributed by atoms with van der Waals surface area (Å²) in [4.78, 5) is 39.6. The third-order valence-corrected chi connectivity index (χ3v) is 6.56. The van der Waals surface area contributed by atoms with E-state index in [9.17, 15) is 19.5 Å². The summed E-state index contributed by atoms with van der Waals surface area (Å²) in [6.07, 6.45) is 1.58. The van der Waals surface area contributed by atoms with Gasteiger partial charge >= 0.3 is 5.97 Å². The minimum absolute atomic E-state index is 0.0264. The van der Waals surface area contributed by atoms with Crippen LogP contribution >= 0.6 is 34.5 Å². The highest BCUT2D eigenvalue weighted by molar-refractivity contribution is 7.15. The van der Waals surface area contributed by atoms with Crippen LogP contribution < -0.4 is 4.90 Å². The maximum atomic E-state index is 13.6. The molecule has 1 amide bonds. The van der Waals surface area contributed by atoms with Crippen molar-refractivity contribution in [3.63, 3.8) is 0 Å². The molecule has 0 unspecified atom stereocenters. The third kappa shape index (κ3) is 5.72. The molecule has 1 aromatic heterocycles. The second kappa shape index (κ2) is 9.66. The maximum Gasteiger partial charge on any atom is 0.348 e. The average Bonchev–Trinajstić information content (AvgIpc) is 3.12. The quantitative estimate of drug-likeness (QED) is 0.508. The summed E-state index contributed by atoms with van der Waals surface area (Å²) >= 11 is 13.3. The Labute approximate surface area is 201 Å². The second-order valence-electron chi connectivity index (χ2n) is 8.70. The number of hydrogen-bond acceptors (Lipinski definition) is 4. The van der Waals surface area contributed by atoms with E-state index in [0.29, 0.717) is 35.6 Å². The lowest BCUT2D eigenvalue weighted by Crippen LogP contribution is -2.43. The van der Waals surface area contributed by atoms with E-state index in [1.54, 1.807) is 12.1 Å². The molecule has 3 rings (SSSR count). The molecule has 32 heavy (non-hydrogen) atoms. The van der Waals surface area contributed by atoms with Crippen LogP contribution in [0, 0.1) is 17.3 Å². The molecule has 0 bridgehead atoms. The first-order chi connectivity index (χ1) is 15.0. The van der Waals surface area contributed by atoms with Gasteiger partial charge in [-0.3, -0.25) is 9.59 Å². The largest absolute Gasteiger partial charge is 0.477 e. The SMILES string of the molecule is CC(C)(C)C#Cc1cc(N(C(=O)c2ccc(Cl)cc2Cl)C2CCC(=O)CC2)c(C(=O)O)s1. The third-order valence-electron chi connectivity index (χ3n) is 4.99. The average molecular weight is 492 g/mol. The van der Waals surface area contributed by atoms with Gasteiger partial charge in [-0.1, -0.05) is 35.0 Å². The Balaban J connectivity index is 2.13. The van der Waals surface area contributed by atoms with E-state index in [-0.39, 0.29) is 38.4 Å². The lowest BCUT2D eigenvalue weighted by Gasteiger charge is -2.34. The van der Waals surface area contributed by atoms with E-state index in [2.05, 4.69) is 11.8 Å². The first-order valence-corrected chi connectivity index (χ1v) is 11.7. The molecule has 1 N–H and O–H groups in total. The summed E-state index contributed by atoms with van der Waals surface area (Å²) in [7, 11) is 0. The van der Waals surface area contributed by atoms with Gasteiger partial charge < -0.3 is 10.0 Å². The second-order valence-corrected chi connectivity index (χ2v) is 10.6. The van der Waals surface area contributed by atoms with Crippen molar-refractivity contribution in [2.45, 2.75) is 52.5 Å². The highest BCUT2D eigenvalue weighted by Gasteiger charge is 2.34. The molecule has 5 nitrogen and oxygen atoms in total. The van der Waals surface area contributed by atoms with Gasteiger partial charge in [-0.05, 0) is 57.9 Å². The van der Waals surface area contributed by atoms with Gasteiger partial charge in [0.2, 0.25) is 0 Å². The van der Waals surface area contributed by atoms with Crippen molar-refractivity contribution in [3.05, 3.63) is 49.6 Å². The molecule has 0 radical (unpaired) electrons. The Kier molecular flexibility index (Phi) is 7.34. The van der Waals surface area contributed by atoms with Crippen LogP contribution in [0.2, 0.25) is 10.0 Å². The zero-order valence-corrected chi connectivity index (χ0v) is 20.3. The van der Waals surface area contributed by atoms with Crippen molar-refractivity contribution < 1.29 is 19.5 Å². The number of Topliss-reactive ketones (excluding diaryl/α,β-unsaturated/α-hetero) is 1. The molecule has 8 heteroatoms. The predicted molar refractivity (Wildman–Crippen MR) is 128 cm³/mol. The van der Waals surface area contributed by atoms with Gasteiger partial charge in [-0.25, -0.2) is 4.79 Å². The maximum absolute atomic E-state index is 13.6. The summed E-state index contributed by atoms with van der Waals surface area (Å²) in [5, 5.41) is 10.4. The summed E-state index contributed by atoms with van der Waals surface area (Å²) < 4.78 is 0. The predicted octanol–water partition coefficient (Wildman–Crippen LogP) is 6.31. The molecule has 1 aromatic carbocycles. The fourth-order valence-electron chi connectivity index (χ4n) is 3.47. The number of hydrogen-bond donors (Lipinski definition) is 1. The van der Waals surface area contributed by atoms with Gasteiger partial charge in [-0.2, -0.15) is 0 Å². The van der Waals surface area contributed by atoms with Crippen LogP contribution in [0.15, 0.2) is 24.3 Å². The molecular formula is C24H23Cl2NO4S. The molecular weight excluding hydrogens is 469 g/mol. The Bertz CT molecular complexity index is 1130. The minimum atomic E-state index is -1.14. The van der Waals surface area contributed by atoms with Crippen LogP contribution in [0.1, 0.15) is 71.4 Å². The highest BCUT2D eigenvalue weighted by atomic mass is 35.5. The minimum Gasteiger partial charge on any atom is -0.477 e. The van der Waals surface area contributed by atoms with Crippen molar-refractivity contribution in [1.82, 2.24) is 0 Å². The van der Waals surface area contributed by atoms with Crippen LogP contribution in [0.25, 0.3) is 0 Å². The monoisotopic (exact) mass is 491 g/mol. The number of amides is 1. The number of anilines is 1. The number of carbonyl (C=O) groups is 3. The summed E-state index contributed by atoms with van der Waals surface area (Å²) in [5.74, 6) is 4.70. The number of aromatic carboxylic acids is 1. The Morgan fingerprint density at radius 1 is 1.16 bits per heavy atom. The van der Waals surface area contributed by atoms with E-state index in [1.807, 2.05) is 20.8 Å². The number of nitrogens with zero attached hydrogens (tertiary/aromatic N) is 1. The van der Waals surface area contributed by atoms with E-state index in [1.165, 1.54) is 17.0 Å². The van der Waals surface area contributed by atoms with Crippen LogP contribution in [-0.2, 0) is 4.79 Å². The highest BCUT2D eigenvalue weighted by Crippen LogP contribution is 2.37. The molecule has 0 aliphatic heterocycles. The molecule has 0 spiro atoms. The standard InChI is InChI=1S/C24H23Cl2NO4S/c1-24(2,3)11-10-17-13-20(21(32-17)23(30)31)27(15-5-7-16(28)8-6-15)22(29)18-9-4-14(25)12-19(18)26/h4,9,12-13,15H,5-8H2,1-3H3,(H,30,31). The zero-order chi connectivity index (χ0) is 23.6. The van der Waals surface area contributed by atoms with Crippen molar-refractivity contribution >= 4 is 57.9 Å². The van der Waals surface area contributed by atoms with Crippen molar-refractivity contribution in [1.29, 1.82) is 0 Å². The molecule has 1 fully saturated rings. The number of ketones is 1. The Morgan fingerprint density at radius 2 is 1.81 bits per heavy atom. The zero-order valence-electron chi connectivity index (χ0n) is 18.0. The van der Waals surface area contributed by atoms with Crippen molar-refractivity contribution in [2.75, 3.05) is 4.90 Å². The lowest BCUT2D eigenvalue weighted by atomic mass is 9.92. The molecule has 168 valence electrons. The van der Waals surface area contributed by atoms with Gasteiger partial charge in [0.05, 0.1) is 21.2 Å². The molecule has 1 saturated carbocycles. The summed E-state index contributed by atoms with van der Waals surface area (Å²) in [5.41, 5.74) is 0.234. The lowest BCUT2D eigenvalue weighted by molar-refractivity contribution is -0.120. The van der Waals surface area contributed by atoms with E-state index in [0.717, 1.165) is 11.3 Å². The molecule has 1 aliphatic rings. The number of benzene rings is 1. The smallest absolute Gasteiger partial charge is 0.348 e. The number of thiophene rings is 1. The number of carboxylic acid groups (broad SMARTS) is 1. The van der Waals surface area contributed by atoms with Crippen LogP contribution in [-0.4, -0.2) is 28.8 Å². The van der Waals surface area contributed by atoms with E-state index < -0.39 is 11.9 Å². The summed E-state index contributed by atoms with van der Waals surface area (Å²) in [6, 6.07) is 5.88. The van der Waals surface area contributed by atoms with Gasteiger partial charge in [0.25, 0.3) is 5.91 Å². The van der Waals surface area contributed by atoms with E-state index >= 15 is 0 Å². The number of halogens is 2. The number of carbonyl (C=O) groups excluding carboxylic acids is 2. The molecule has 1 aliphatic carbocycles. The molecule has 0 saturated heterocycles. The van der Waals surface area contributed by atoms with Gasteiger partial charge in [0, 0.05) is 29.3 Å². The van der Waals surface area contributed by atoms with Crippen LogP contribution in [0.3, 0.4) is 0 Å². The van der Waals surface area contributed by atoms with Crippen molar-refractivity contribution in [2.24, 2.45) is 5.41 Å². The Morgan fingerprint density at radius 3 is 2.38 bits per heavy atom. The number of carboxylic acids is 1. The van der Waals surface area contributed by atoms with Gasteiger partial charge in [-0.15, -0.1) is 11.3 Å². The molecule has 0 atom stereocenters. The van der Waals surface area contributed by atoms with Crippen LogP contribution in [0.4, 0.5) is 5.69 Å². The first kappa shape index (κ1) is 24.3. The number of rotatable bonds is 4. The Hall–Kier alpha value is -2.33. The normalized spacial score (nSPS) is 14.6. The van der Waals surface area contributed by atoms with Gasteiger partial charge in [0.15, 0.2) is 0 Å².